The Hall–Kier alpha value is -2.51. The number of rotatable bonds is 10. The van der Waals surface area contributed by atoms with Gasteiger partial charge in [-0.2, -0.15) is 0 Å². The first-order chi connectivity index (χ1) is 17.1. The summed E-state index contributed by atoms with van der Waals surface area (Å²) in [6, 6.07) is 20.2. The molecule has 0 N–H and O–H groups in total. The van der Waals surface area contributed by atoms with Crippen LogP contribution in [0, 0.1) is 0 Å². The van der Waals surface area contributed by atoms with Crippen molar-refractivity contribution in [1.29, 1.82) is 0 Å². The van der Waals surface area contributed by atoms with Gasteiger partial charge in [0.15, 0.2) is 0 Å². The van der Waals surface area contributed by atoms with E-state index < -0.39 is 0 Å². The smallest absolute Gasteiger partial charge is 0.302 e. The van der Waals surface area contributed by atoms with E-state index in [1.807, 2.05) is 61.5 Å². The minimum atomic E-state index is -0.336. The Bertz CT molecular complexity index is 931. The van der Waals surface area contributed by atoms with Gasteiger partial charge in [-0.15, -0.1) is 0 Å². The van der Waals surface area contributed by atoms with Crippen molar-refractivity contribution in [2.45, 2.75) is 82.9 Å². The number of carbonyl (C=O) groups excluding carboxylic acids is 1. The summed E-state index contributed by atoms with van der Waals surface area (Å²) in [6.07, 6.45) is 4.81. The molecule has 0 bridgehead atoms. The maximum atomic E-state index is 11.7. The van der Waals surface area contributed by atoms with Crippen molar-refractivity contribution >= 4 is 5.97 Å². The predicted molar refractivity (Wildman–Crippen MR) is 133 cm³/mol. The second kappa shape index (κ2) is 13.0. The Morgan fingerprint density at radius 1 is 0.886 bits per heavy atom. The van der Waals surface area contributed by atoms with E-state index in [0.29, 0.717) is 39.1 Å². The summed E-state index contributed by atoms with van der Waals surface area (Å²) < 4.78 is 31.0. The van der Waals surface area contributed by atoms with Crippen LogP contribution in [0.25, 0.3) is 0 Å². The molecule has 4 rings (SSSR count). The topological polar surface area (TPSA) is 63.2 Å². The maximum absolute atomic E-state index is 11.7. The van der Waals surface area contributed by atoms with E-state index >= 15 is 0 Å². The molecule has 0 amide bonds. The van der Waals surface area contributed by atoms with Gasteiger partial charge in [0.25, 0.3) is 0 Å². The molecule has 2 aliphatic heterocycles. The molecule has 0 aromatic heterocycles. The molecule has 0 aliphatic carbocycles. The summed E-state index contributed by atoms with van der Waals surface area (Å²) in [7, 11) is 0. The third-order valence-corrected chi connectivity index (χ3v) is 6.49. The van der Waals surface area contributed by atoms with Crippen LogP contribution in [0.15, 0.2) is 72.8 Å². The molecule has 188 valence electrons. The van der Waals surface area contributed by atoms with Crippen LogP contribution >= 0.6 is 0 Å². The average molecular weight is 481 g/mol. The van der Waals surface area contributed by atoms with Gasteiger partial charge in [0.05, 0.1) is 44.2 Å². The van der Waals surface area contributed by atoms with Gasteiger partial charge in [-0.3, -0.25) is 4.79 Å². The minimum Gasteiger partial charge on any atom is -0.460 e. The maximum Gasteiger partial charge on any atom is 0.302 e. The number of esters is 1. The van der Waals surface area contributed by atoms with Gasteiger partial charge in [-0.25, -0.2) is 0 Å². The van der Waals surface area contributed by atoms with Crippen molar-refractivity contribution in [2.75, 3.05) is 6.61 Å². The molecule has 2 aliphatic rings. The first-order valence-electron chi connectivity index (χ1n) is 12.5. The van der Waals surface area contributed by atoms with E-state index in [1.54, 1.807) is 0 Å². The number of hydrogen-bond donors (Lipinski definition) is 0. The van der Waals surface area contributed by atoms with E-state index in [-0.39, 0.29) is 42.6 Å². The third-order valence-electron chi connectivity index (χ3n) is 6.49. The second-order valence-corrected chi connectivity index (χ2v) is 9.19. The van der Waals surface area contributed by atoms with Crippen LogP contribution in [0.5, 0.6) is 0 Å². The van der Waals surface area contributed by atoms with Crippen LogP contribution in [0.1, 0.15) is 44.2 Å². The van der Waals surface area contributed by atoms with Crippen molar-refractivity contribution < 1.29 is 28.5 Å². The summed E-state index contributed by atoms with van der Waals surface area (Å²) in [5.41, 5.74) is 2.23. The molecule has 2 saturated heterocycles. The van der Waals surface area contributed by atoms with Crippen LogP contribution in [-0.2, 0) is 41.7 Å². The fraction of sp³-hybridized carbons (Fsp3) is 0.483. The number of benzene rings is 2. The fourth-order valence-corrected chi connectivity index (χ4v) is 4.76. The molecule has 6 atom stereocenters. The van der Waals surface area contributed by atoms with Gasteiger partial charge >= 0.3 is 5.97 Å². The van der Waals surface area contributed by atoms with E-state index in [4.69, 9.17) is 23.7 Å². The Labute approximate surface area is 208 Å². The number of fused-ring (bicyclic) bond motifs is 1. The zero-order valence-electron chi connectivity index (χ0n) is 20.6. The fourth-order valence-electron chi connectivity index (χ4n) is 4.76. The largest absolute Gasteiger partial charge is 0.460 e. The molecule has 2 aromatic rings. The van der Waals surface area contributed by atoms with Crippen LogP contribution in [0.2, 0.25) is 0 Å². The Balaban J connectivity index is 1.43. The zero-order chi connectivity index (χ0) is 24.5. The monoisotopic (exact) mass is 480 g/mol. The molecule has 2 heterocycles. The van der Waals surface area contributed by atoms with Gasteiger partial charge in [0.2, 0.25) is 0 Å². The van der Waals surface area contributed by atoms with E-state index in [2.05, 4.69) is 18.2 Å². The second-order valence-electron chi connectivity index (χ2n) is 9.19. The standard InChI is InChI=1S/C29H36O6/c1-3-4-15-24-26(33-21(2)30)17-28-27(34-24)16-25(32-19-23-13-9-6-10-14-23)29(35-28)20-31-18-22-11-7-5-8-12-22/h3-14,24-29H,15-20H2,1-2H3/b4-3-/t24?,25-,26?,27+,28-,29+/m0/s1. The highest BCUT2D eigenvalue weighted by atomic mass is 16.6. The highest BCUT2D eigenvalue weighted by Crippen LogP contribution is 2.35. The van der Waals surface area contributed by atoms with Crippen LogP contribution in [0.4, 0.5) is 0 Å². The van der Waals surface area contributed by atoms with E-state index in [0.717, 1.165) is 11.1 Å². The summed E-state index contributed by atoms with van der Waals surface area (Å²) in [6.45, 7) is 4.84. The summed E-state index contributed by atoms with van der Waals surface area (Å²) in [5, 5.41) is 0. The predicted octanol–water partition coefficient (Wildman–Crippen LogP) is 5.00. The zero-order valence-corrected chi connectivity index (χ0v) is 20.6. The summed E-state index contributed by atoms with van der Waals surface area (Å²) >= 11 is 0. The first-order valence-corrected chi connectivity index (χ1v) is 12.5. The number of hydrogen-bond acceptors (Lipinski definition) is 6. The van der Waals surface area contributed by atoms with Crippen LogP contribution in [-0.4, -0.2) is 49.2 Å². The van der Waals surface area contributed by atoms with Crippen molar-refractivity contribution in [3.05, 3.63) is 83.9 Å². The first kappa shape index (κ1) is 25.6. The van der Waals surface area contributed by atoms with Gasteiger partial charge in [0, 0.05) is 19.8 Å². The lowest BCUT2D eigenvalue weighted by Crippen LogP contribution is -2.57. The highest BCUT2D eigenvalue weighted by Gasteiger charge is 2.46. The number of ether oxygens (including phenoxy) is 5. The lowest BCUT2D eigenvalue weighted by Gasteiger charge is -2.47. The van der Waals surface area contributed by atoms with Crippen molar-refractivity contribution in [1.82, 2.24) is 0 Å². The minimum absolute atomic E-state index is 0.122. The molecule has 2 fully saturated rings. The Kier molecular flexibility index (Phi) is 9.49. The Morgan fingerprint density at radius 3 is 2.11 bits per heavy atom. The van der Waals surface area contributed by atoms with Gasteiger partial charge in [-0.1, -0.05) is 72.8 Å². The summed E-state index contributed by atoms with van der Waals surface area (Å²) in [4.78, 5) is 11.7. The van der Waals surface area contributed by atoms with Crippen molar-refractivity contribution in [3.8, 4) is 0 Å². The van der Waals surface area contributed by atoms with Crippen LogP contribution < -0.4 is 0 Å². The van der Waals surface area contributed by atoms with Gasteiger partial charge in [0.1, 0.15) is 12.2 Å². The molecular formula is C29H36O6. The van der Waals surface area contributed by atoms with Gasteiger partial charge < -0.3 is 23.7 Å². The quantitative estimate of drug-likeness (QED) is 0.352. The lowest BCUT2D eigenvalue weighted by molar-refractivity contribution is -0.260. The lowest BCUT2D eigenvalue weighted by atomic mass is 9.89. The molecule has 35 heavy (non-hydrogen) atoms. The SMILES string of the molecule is C/C=C\CC1O[C@@H]2C[C@H](OCc3ccccc3)[C@@H](COCc3ccccc3)O[C@H]2CC1OC(C)=O. The van der Waals surface area contributed by atoms with E-state index in [1.165, 1.54) is 6.92 Å². The molecule has 2 aromatic carbocycles. The average Bonchev–Trinajstić information content (AvgIpc) is 2.87. The Morgan fingerprint density at radius 2 is 1.49 bits per heavy atom. The number of carbonyl (C=O) groups is 1. The molecule has 6 heteroatoms. The summed E-state index contributed by atoms with van der Waals surface area (Å²) in [5.74, 6) is -0.301. The van der Waals surface area contributed by atoms with Crippen LogP contribution in [0.3, 0.4) is 0 Å². The molecule has 0 spiro atoms. The van der Waals surface area contributed by atoms with Crippen molar-refractivity contribution in [2.24, 2.45) is 0 Å². The van der Waals surface area contributed by atoms with Crippen molar-refractivity contribution in [3.63, 3.8) is 0 Å². The highest BCUT2D eigenvalue weighted by molar-refractivity contribution is 5.66. The molecule has 0 saturated carbocycles. The number of allylic oxidation sites excluding steroid dienone is 1. The third kappa shape index (κ3) is 7.48. The van der Waals surface area contributed by atoms with E-state index in [9.17, 15) is 4.79 Å². The molecular weight excluding hydrogens is 444 g/mol. The molecule has 2 unspecified atom stereocenters. The normalized spacial score (nSPS) is 28.5. The van der Waals surface area contributed by atoms with Gasteiger partial charge in [-0.05, 0) is 24.5 Å². The molecule has 0 radical (unpaired) electrons. The molecule has 6 nitrogen and oxygen atoms in total.